The molecule has 0 amide bonds. The highest BCUT2D eigenvalue weighted by Crippen LogP contribution is 2.56. The van der Waals surface area contributed by atoms with E-state index in [-0.39, 0.29) is 0 Å². The van der Waals surface area contributed by atoms with Crippen LogP contribution in [0.2, 0.25) is 0 Å². The number of nitrogens with zero attached hydrogens (tertiary/aromatic N) is 1. The molecule has 12 heavy (non-hydrogen) atoms. The van der Waals surface area contributed by atoms with E-state index in [4.69, 9.17) is 11.6 Å². The number of rotatable bonds is 1. The molecule has 0 N–H and O–H groups in total. The standard InChI is InChI=1S/C9H12ClNS/c10-5-11-4-8-6-1-2-7(3-6)9(8)12-11/h6-7H,1-5H2. The number of halogens is 1. The van der Waals surface area contributed by atoms with Crippen molar-refractivity contribution in [2.75, 3.05) is 12.5 Å². The van der Waals surface area contributed by atoms with Gasteiger partial charge in [-0.2, -0.15) is 0 Å². The van der Waals surface area contributed by atoms with E-state index in [2.05, 4.69) is 4.31 Å². The average molecular weight is 202 g/mol. The molecule has 0 spiro atoms. The quantitative estimate of drug-likeness (QED) is 0.365. The van der Waals surface area contributed by atoms with Crippen LogP contribution in [0, 0.1) is 11.8 Å². The van der Waals surface area contributed by atoms with Gasteiger partial charge in [-0.05, 0) is 48.6 Å². The molecule has 0 aromatic rings. The Balaban J connectivity index is 1.86. The highest BCUT2D eigenvalue weighted by Gasteiger charge is 2.43. The summed E-state index contributed by atoms with van der Waals surface area (Å²) in [5.41, 5.74) is 1.73. The Kier molecular flexibility index (Phi) is 1.71. The van der Waals surface area contributed by atoms with Gasteiger partial charge in [0.15, 0.2) is 0 Å². The van der Waals surface area contributed by atoms with E-state index in [1.807, 2.05) is 11.9 Å². The fourth-order valence-electron chi connectivity index (χ4n) is 2.77. The zero-order valence-electron chi connectivity index (χ0n) is 6.92. The van der Waals surface area contributed by atoms with Crippen molar-refractivity contribution in [1.29, 1.82) is 0 Å². The van der Waals surface area contributed by atoms with Crippen molar-refractivity contribution in [3.63, 3.8) is 0 Å². The van der Waals surface area contributed by atoms with Gasteiger partial charge in [0.2, 0.25) is 0 Å². The molecule has 3 heteroatoms. The van der Waals surface area contributed by atoms with Crippen molar-refractivity contribution in [2.24, 2.45) is 11.8 Å². The van der Waals surface area contributed by atoms with Crippen LogP contribution in [0.15, 0.2) is 10.5 Å². The van der Waals surface area contributed by atoms with Crippen LogP contribution in [-0.2, 0) is 0 Å². The van der Waals surface area contributed by atoms with E-state index in [1.165, 1.54) is 19.3 Å². The van der Waals surface area contributed by atoms with Crippen LogP contribution in [0.4, 0.5) is 0 Å². The zero-order chi connectivity index (χ0) is 8.13. The summed E-state index contributed by atoms with van der Waals surface area (Å²) in [6.07, 6.45) is 4.33. The molecule has 1 nitrogen and oxygen atoms in total. The Labute approximate surface area is 82.3 Å². The Morgan fingerprint density at radius 3 is 3.00 bits per heavy atom. The molecule has 1 saturated carbocycles. The maximum atomic E-state index is 5.81. The first-order valence-electron chi connectivity index (χ1n) is 4.60. The van der Waals surface area contributed by atoms with Crippen molar-refractivity contribution < 1.29 is 0 Å². The normalized spacial score (nSPS) is 39.8. The fourth-order valence-corrected chi connectivity index (χ4v) is 4.24. The van der Waals surface area contributed by atoms with Crippen LogP contribution in [0.3, 0.4) is 0 Å². The van der Waals surface area contributed by atoms with Gasteiger partial charge in [0, 0.05) is 11.4 Å². The molecule has 1 aliphatic heterocycles. The molecule has 1 heterocycles. The maximum Gasteiger partial charge on any atom is 0.0841 e. The van der Waals surface area contributed by atoms with Gasteiger partial charge < -0.3 is 0 Å². The van der Waals surface area contributed by atoms with Crippen molar-refractivity contribution in [3.8, 4) is 0 Å². The van der Waals surface area contributed by atoms with E-state index in [1.54, 1.807) is 10.5 Å². The van der Waals surface area contributed by atoms with Crippen molar-refractivity contribution in [1.82, 2.24) is 4.31 Å². The van der Waals surface area contributed by atoms with Crippen LogP contribution in [0.5, 0.6) is 0 Å². The van der Waals surface area contributed by atoms with Crippen LogP contribution in [0.1, 0.15) is 19.3 Å². The number of hydrogen-bond donors (Lipinski definition) is 0. The molecule has 2 atom stereocenters. The van der Waals surface area contributed by atoms with Crippen molar-refractivity contribution in [2.45, 2.75) is 19.3 Å². The van der Waals surface area contributed by atoms with Gasteiger partial charge >= 0.3 is 0 Å². The summed E-state index contributed by atoms with van der Waals surface area (Å²) in [6, 6.07) is 0.678. The first-order valence-corrected chi connectivity index (χ1v) is 5.91. The average Bonchev–Trinajstić information content (AvgIpc) is 2.75. The fraction of sp³-hybridized carbons (Fsp3) is 0.778. The van der Waals surface area contributed by atoms with Crippen LogP contribution < -0.4 is 0 Å². The lowest BCUT2D eigenvalue weighted by molar-refractivity contribution is 0.544. The van der Waals surface area contributed by atoms with Gasteiger partial charge in [-0.3, -0.25) is 0 Å². The molecule has 0 aromatic carbocycles. The summed E-state index contributed by atoms with van der Waals surface area (Å²) in [4.78, 5) is 1.69. The van der Waals surface area contributed by atoms with Gasteiger partial charge in [-0.15, -0.1) is 11.6 Å². The third-order valence-electron chi connectivity index (χ3n) is 3.32. The van der Waals surface area contributed by atoms with Crippen LogP contribution >= 0.6 is 23.5 Å². The lowest BCUT2D eigenvalue weighted by atomic mass is 9.98. The van der Waals surface area contributed by atoms with E-state index in [9.17, 15) is 0 Å². The van der Waals surface area contributed by atoms with E-state index in [0.29, 0.717) is 6.00 Å². The third-order valence-corrected chi connectivity index (χ3v) is 5.06. The number of alkyl halides is 1. The summed E-state index contributed by atoms with van der Waals surface area (Å²) >= 11 is 7.74. The maximum absolute atomic E-state index is 5.81. The Morgan fingerprint density at radius 2 is 2.25 bits per heavy atom. The van der Waals surface area contributed by atoms with Gasteiger partial charge in [-0.25, -0.2) is 4.31 Å². The lowest BCUT2D eigenvalue weighted by Gasteiger charge is -2.13. The molecule has 66 valence electrons. The Hall–Kier alpha value is 0.340. The van der Waals surface area contributed by atoms with Crippen LogP contribution in [-0.4, -0.2) is 16.9 Å². The number of hydrogen-bond acceptors (Lipinski definition) is 2. The van der Waals surface area contributed by atoms with Gasteiger partial charge in [0.1, 0.15) is 0 Å². The van der Waals surface area contributed by atoms with Gasteiger partial charge in [-0.1, -0.05) is 0 Å². The first-order chi connectivity index (χ1) is 5.88. The van der Waals surface area contributed by atoms with E-state index in [0.717, 1.165) is 18.4 Å². The molecule has 0 aromatic heterocycles. The minimum Gasteiger partial charge on any atom is -0.228 e. The zero-order valence-corrected chi connectivity index (χ0v) is 8.50. The smallest absolute Gasteiger partial charge is 0.0841 e. The summed E-state index contributed by atoms with van der Waals surface area (Å²) in [7, 11) is 0. The highest BCUT2D eigenvalue weighted by molar-refractivity contribution is 8.01. The summed E-state index contributed by atoms with van der Waals surface area (Å²) in [5, 5.41) is 0. The largest absolute Gasteiger partial charge is 0.228 e. The Morgan fingerprint density at radius 1 is 1.42 bits per heavy atom. The molecule has 3 aliphatic rings. The van der Waals surface area contributed by atoms with Crippen molar-refractivity contribution in [3.05, 3.63) is 10.5 Å². The minimum absolute atomic E-state index is 0.678. The van der Waals surface area contributed by atoms with Gasteiger partial charge in [0.05, 0.1) is 6.00 Å². The molecule has 2 bridgehead atoms. The minimum atomic E-state index is 0.678. The van der Waals surface area contributed by atoms with Crippen LogP contribution in [0.25, 0.3) is 0 Å². The topological polar surface area (TPSA) is 3.24 Å². The lowest BCUT2D eigenvalue weighted by Crippen LogP contribution is -2.13. The predicted octanol–water partition coefficient (Wildman–Crippen LogP) is 2.83. The number of fused-ring (bicyclic) bond motifs is 4. The summed E-state index contributed by atoms with van der Waals surface area (Å²) in [5.74, 6) is 1.86. The molecule has 1 fully saturated rings. The first kappa shape index (κ1) is 7.72. The monoisotopic (exact) mass is 201 g/mol. The summed E-state index contributed by atoms with van der Waals surface area (Å²) < 4.78 is 2.27. The molecule has 0 radical (unpaired) electrons. The van der Waals surface area contributed by atoms with Gasteiger partial charge in [0.25, 0.3) is 0 Å². The third kappa shape index (κ3) is 0.918. The molecule has 0 saturated heterocycles. The van der Waals surface area contributed by atoms with Crippen molar-refractivity contribution >= 4 is 23.5 Å². The number of allylic oxidation sites excluding steroid dienone is 1. The van der Waals surface area contributed by atoms with E-state index < -0.39 is 0 Å². The second-order valence-electron chi connectivity index (χ2n) is 3.95. The molecule has 2 aliphatic carbocycles. The predicted molar refractivity (Wildman–Crippen MR) is 52.9 cm³/mol. The second kappa shape index (κ2) is 2.66. The SMILES string of the molecule is ClCN1CC2=C(S1)C1CCC2C1. The molecular weight excluding hydrogens is 190 g/mol. The molecule has 2 unspecified atom stereocenters. The second-order valence-corrected chi connectivity index (χ2v) is 5.32. The highest BCUT2D eigenvalue weighted by atomic mass is 35.5. The Bertz CT molecular complexity index is 229. The molecular formula is C9H12ClNS. The molecule has 3 rings (SSSR count). The summed E-state index contributed by atoms with van der Waals surface area (Å²) in [6.45, 7) is 1.14. The van der Waals surface area contributed by atoms with E-state index >= 15 is 0 Å².